The summed E-state index contributed by atoms with van der Waals surface area (Å²) in [6.45, 7) is 1.42. The fraction of sp³-hybridized carbons (Fsp3) is 0.111. The minimum atomic E-state index is -0.353. The lowest BCUT2D eigenvalue weighted by atomic mass is 10.1. The van der Waals surface area contributed by atoms with E-state index in [9.17, 15) is 9.59 Å². The van der Waals surface area contributed by atoms with Gasteiger partial charge in [0.05, 0.1) is 23.2 Å². The van der Waals surface area contributed by atoms with Crippen molar-refractivity contribution in [2.75, 3.05) is 12.4 Å². The molecule has 0 saturated carbocycles. The van der Waals surface area contributed by atoms with Crippen LogP contribution >= 0.6 is 23.2 Å². The zero-order valence-corrected chi connectivity index (χ0v) is 15.0. The van der Waals surface area contributed by atoms with E-state index in [1.54, 1.807) is 36.4 Å². The van der Waals surface area contributed by atoms with E-state index in [1.807, 2.05) is 0 Å². The molecule has 25 heavy (non-hydrogen) atoms. The molecule has 0 radical (unpaired) electrons. The van der Waals surface area contributed by atoms with Crippen LogP contribution < -0.4 is 10.1 Å². The number of nitrogens with one attached hydrogen (secondary N) is 1. The summed E-state index contributed by atoms with van der Waals surface area (Å²) in [5.74, 6) is -0.0464. The van der Waals surface area contributed by atoms with Crippen molar-refractivity contribution in [1.82, 2.24) is 4.57 Å². The van der Waals surface area contributed by atoms with Crippen LogP contribution in [0.1, 0.15) is 22.1 Å². The monoisotopic (exact) mass is 376 g/mol. The first-order valence-electron chi connectivity index (χ1n) is 7.37. The molecule has 0 bridgehead atoms. The topological polar surface area (TPSA) is 60.3 Å². The smallest absolute Gasteiger partial charge is 0.257 e. The van der Waals surface area contributed by atoms with E-state index < -0.39 is 0 Å². The standard InChI is InChI=1S/C18H14Cl2N2O3/c1-10(23)22-9-14(13-5-3-11(19)7-16(13)22)18(24)21-12-4-6-17(25-2)15(20)8-12/h3-9H,1-2H3,(H,21,24). The van der Waals surface area contributed by atoms with Crippen molar-refractivity contribution < 1.29 is 14.3 Å². The molecule has 128 valence electrons. The predicted octanol–water partition coefficient (Wildman–Crippen LogP) is 4.87. The minimum absolute atomic E-state index is 0.209. The number of hydrogen-bond donors (Lipinski definition) is 1. The van der Waals surface area contributed by atoms with Gasteiger partial charge in [0.25, 0.3) is 5.91 Å². The Morgan fingerprint density at radius 3 is 2.52 bits per heavy atom. The number of fused-ring (bicyclic) bond motifs is 1. The Hall–Kier alpha value is -2.50. The molecular weight excluding hydrogens is 363 g/mol. The van der Waals surface area contributed by atoms with Gasteiger partial charge >= 0.3 is 0 Å². The molecule has 1 N–H and O–H groups in total. The Kier molecular flexibility index (Phi) is 4.70. The molecule has 1 amide bonds. The zero-order valence-electron chi connectivity index (χ0n) is 13.5. The highest BCUT2D eigenvalue weighted by Gasteiger charge is 2.17. The number of carbonyl (C=O) groups is 2. The summed E-state index contributed by atoms with van der Waals surface area (Å²) in [7, 11) is 1.52. The molecule has 7 heteroatoms. The number of aromatic nitrogens is 1. The Bertz CT molecular complexity index is 995. The molecule has 0 aliphatic rings. The van der Waals surface area contributed by atoms with Crippen LogP contribution in [-0.4, -0.2) is 23.5 Å². The Morgan fingerprint density at radius 1 is 1.12 bits per heavy atom. The summed E-state index contributed by atoms with van der Waals surface area (Å²) in [6, 6.07) is 9.99. The summed E-state index contributed by atoms with van der Waals surface area (Å²) < 4.78 is 6.49. The van der Waals surface area contributed by atoms with E-state index in [2.05, 4.69) is 5.32 Å². The van der Waals surface area contributed by atoms with Crippen molar-refractivity contribution in [1.29, 1.82) is 0 Å². The third kappa shape index (κ3) is 3.34. The molecule has 0 spiro atoms. The van der Waals surface area contributed by atoms with Gasteiger partial charge in [0.15, 0.2) is 0 Å². The molecule has 0 saturated heterocycles. The van der Waals surface area contributed by atoms with Gasteiger partial charge in [0.2, 0.25) is 5.91 Å². The number of hydrogen-bond acceptors (Lipinski definition) is 3. The van der Waals surface area contributed by atoms with Crippen LogP contribution in [-0.2, 0) is 0 Å². The van der Waals surface area contributed by atoms with Gasteiger partial charge in [-0.3, -0.25) is 14.2 Å². The normalized spacial score (nSPS) is 10.7. The van der Waals surface area contributed by atoms with Gasteiger partial charge in [-0.2, -0.15) is 0 Å². The van der Waals surface area contributed by atoms with Crippen LogP contribution in [0.15, 0.2) is 42.6 Å². The maximum absolute atomic E-state index is 12.7. The molecule has 0 atom stereocenters. The lowest BCUT2D eigenvalue weighted by molar-refractivity contribution is 0.0941. The summed E-state index contributed by atoms with van der Waals surface area (Å²) in [5, 5.41) is 4.28. The Labute approximate surface area is 154 Å². The van der Waals surface area contributed by atoms with Crippen LogP contribution in [0.25, 0.3) is 10.9 Å². The highest BCUT2D eigenvalue weighted by atomic mass is 35.5. The first kappa shape index (κ1) is 17.3. The second-order valence-electron chi connectivity index (χ2n) is 5.40. The quantitative estimate of drug-likeness (QED) is 0.709. The van der Waals surface area contributed by atoms with Crippen LogP contribution in [0.5, 0.6) is 5.75 Å². The van der Waals surface area contributed by atoms with Gasteiger partial charge in [-0.05, 0) is 30.3 Å². The van der Waals surface area contributed by atoms with E-state index in [1.165, 1.54) is 24.8 Å². The van der Waals surface area contributed by atoms with Gasteiger partial charge < -0.3 is 10.1 Å². The number of rotatable bonds is 3. The van der Waals surface area contributed by atoms with Crippen molar-refractivity contribution in [3.63, 3.8) is 0 Å². The molecule has 5 nitrogen and oxygen atoms in total. The molecule has 2 aromatic carbocycles. The van der Waals surface area contributed by atoms with Crippen LogP contribution in [0.3, 0.4) is 0 Å². The van der Waals surface area contributed by atoms with Crippen molar-refractivity contribution in [3.05, 3.63) is 58.2 Å². The van der Waals surface area contributed by atoms with E-state index in [0.29, 0.717) is 37.9 Å². The third-order valence-electron chi connectivity index (χ3n) is 3.76. The van der Waals surface area contributed by atoms with E-state index >= 15 is 0 Å². The van der Waals surface area contributed by atoms with Crippen LogP contribution in [0, 0.1) is 0 Å². The second kappa shape index (κ2) is 6.78. The molecular formula is C18H14Cl2N2O3. The van der Waals surface area contributed by atoms with Gasteiger partial charge in [0.1, 0.15) is 5.75 Å². The summed E-state index contributed by atoms with van der Waals surface area (Å²) in [5.41, 5.74) is 1.47. The molecule has 0 aliphatic carbocycles. The number of amides is 1. The first-order chi connectivity index (χ1) is 11.9. The largest absolute Gasteiger partial charge is 0.495 e. The van der Waals surface area contributed by atoms with Gasteiger partial charge in [-0.25, -0.2) is 0 Å². The maximum atomic E-state index is 12.7. The maximum Gasteiger partial charge on any atom is 0.257 e. The van der Waals surface area contributed by atoms with Gasteiger partial charge in [0, 0.05) is 29.2 Å². The van der Waals surface area contributed by atoms with Crippen LogP contribution in [0.4, 0.5) is 5.69 Å². The Morgan fingerprint density at radius 2 is 1.88 bits per heavy atom. The third-order valence-corrected chi connectivity index (χ3v) is 4.29. The number of nitrogens with zero attached hydrogens (tertiary/aromatic N) is 1. The fourth-order valence-electron chi connectivity index (χ4n) is 2.58. The number of halogens is 2. The number of methoxy groups -OCH3 is 1. The zero-order chi connectivity index (χ0) is 18.1. The molecule has 0 unspecified atom stereocenters. The molecule has 3 aromatic rings. The number of ether oxygens (including phenoxy) is 1. The lowest BCUT2D eigenvalue weighted by Gasteiger charge is -2.07. The predicted molar refractivity (Wildman–Crippen MR) is 99.2 cm³/mol. The van der Waals surface area contributed by atoms with Crippen molar-refractivity contribution in [3.8, 4) is 5.75 Å². The van der Waals surface area contributed by atoms with Crippen molar-refractivity contribution >= 4 is 51.6 Å². The Balaban J connectivity index is 2.00. The van der Waals surface area contributed by atoms with Gasteiger partial charge in [-0.1, -0.05) is 29.3 Å². The van der Waals surface area contributed by atoms with Crippen molar-refractivity contribution in [2.45, 2.75) is 6.92 Å². The molecule has 3 rings (SSSR count). The number of carbonyl (C=O) groups excluding carboxylic acids is 2. The second-order valence-corrected chi connectivity index (χ2v) is 6.24. The SMILES string of the molecule is COc1ccc(NC(=O)c2cn(C(C)=O)c3cc(Cl)ccc23)cc1Cl. The van der Waals surface area contributed by atoms with Crippen molar-refractivity contribution in [2.24, 2.45) is 0 Å². The highest BCUT2D eigenvalue weighted by Crippen LogP contribution is 2.29. The van der Waals surface area contributed by atoms with Gasteiger partial charge in [-0.15, -0.1) is 0 Å². The van der Waals surface area contributed by atoms with Crippen LogP contribution in [0.2, 0.25) is 10.0 Å². The summed E-state index contributed by atoms with van der Waals surface area (Å²) in [6.07, 6.45) is 1.50. The lowest BCUT2D eigenvalue weighted by Crippen LogP contribution is -2.12. The number of benzene rings is 2. The molecule has 1 aromatic heterocycles. The average Bonchev–Trinajstić information content (AvgIpc) is 2.94. The summed E-state index contributed by atoms with van der Waals surface area (Å²) in [4.78, 5) is 24.5. The minimum Gasteiger partial charge on any atom is -0.495 e. The highest BCUT2D eigenvalue weighted by molar-refractivity contribution is 6.32. The van der Waals surface area contributed by atoms with E-state index in [4.69, 9.17) is 27.9 Å². The first-order valence-corrected chi connectivity index (χ1v) is 8.12. The number of anilines is 1. The van der Waals surface area contributed by atoms with E-state index in [0.717, 1.165) is 0 Å². The molecule has 0 fully saturated rings. The average molecular weight is 377 g/mol. The fourth-order valence-corrected chi connectivity index (χ4v) is 3.01. The van der Waals surface area contributed by atoms with E-state index in [-0.39, 0.29) is 11.8 Å². The molecule has 1 heterocycles. The molecule has 0 aliphatic heterocycles. The summed E-state index contributed by atoms with van der Waals surface area (Å²) >= 11 is 12.1.